The highest BCUT2D eigenvalue weighted by atomic mass is 35.5. The van der Waals surface area contributed by atoms with Gasteiger partial charge in [0.1, 0.15) is 0 Å². The van der Waals surface area contributed by atoms with Crippen LogP contribution in [0.1, 0.15) is 38.5 Å². The summed E-state index contributed by atoms with van der Waals surface area (Å²) in [6, 6.07) is 5.65. The first-order valence-corrected chi connectivity index (χ1v) is 8.27. The summed E-state index contributed by atoms with van der Waals surface area (Å²) in [4.78, 5) is 14.3. The molecule has 5 heteroatoms. The fourth-order valence-corrected chi connectivity index (χ4v) is 3.13. The van der Waals surface area contributed by atoms with Crippen molar-refractivity contribution in [1.29, 1.82) is 0 Å². The van der Waals surface area contributed by atoms with Crippen molar-refractivity contribution in [3.63, 3.8) is 0 Å². The Morgan fingerprint density at radius 1 is 1.19 bits per heavy atom. The van der Waals surface area contributed by atoms with Gasteiger partial charge in [0.2, 0.25) is 5.91 Å². The van der Waals surface area contributed by atoms with Crippen LogP contribution < -0.4 is 5.32 Å². The molecule has 0 aromatic heterocycles. The van der Waals surface area contributed by atoms with Gasteiger partial charge in [0, 0.05) is 11.7 Å². The van der Waals surface area contributed by atoms with Gasteiger partial charge >= 0.3 is 0 Å². The standard InChI is InChI=1S/C16H22Cl2N2O/c1-20(13-6-4-2-3-5-7-13)11-16(21)19-12-8-9-14(17)15(18)10-12/h8-10,13H,2-7,11H2,1H3,(H,19,21). The molecule has 3 nitrogen and oxygen atoms in total. The first-order valence-electron chi connectivity index (χ1n) is 7.51. The number of amides is 1. The predicted molar refractivity (Wildman–Crippen MR) is 89.2 cm³/mol. The minimum Gasteiger partial charge on any atom is -0.325 e. The van der Waals surface area contributed by atoms with Gasteiger partial charge in [-0.3, -0.25) is 9.69 Å². The molecule has 0 spiro atoms. The lowest BCUT2D eigenvalue weighted by molar-refractivity contribution is -0.117. The number of carbonyl (C=O) groups is 1. The number of nitrogens with one attached hydrogen (secondary N) is 1. The van der Waals surface area contributed by atoms with E-state index in [1.165, 1.54) is 38.5 Å². The lowest BCUT2D eigenvalue weighted by Gasteiger charge is -2.26. The molecule has 0 heterocycles. The maximum absolute atomic E-state index is 12.1. The van der Waals surface area contributed by atoms with E-state index in [0.29, 0.717) is 28.3 Å². The zero-order chi connectivity index (χ0) is 15.2. The van der Waals surface area contributed by atoms with Crippen LogP contribution in [0.15, 0.2) is 18.2 Å². The van der Waals surface area contributed by atoms with Gasteiger partial charge < -0.3 is 5.32 Å². The lowest BCUT2D eigenvalue weighted by atomic mass is 10.1. The van der Waals surface area contributed by atoms with E-state index in [2.05, 4.69) is 10.2 Å². The summed E-state index contributed by atoms with van der Waals surface area (Å²) in [5, 5.41) is 3.81. The Hall–Kier alpha value is -0.770. The molecule has 1 amide bonds. The number of nitrogens with zero attached hydrogens (tertiary/aromatic N) is 1. The van der Waals surface area contributed by atoms with Gasteiger partial charge in [0.15, 0.2) is 0 Å². The van der Waals surface area contributed by atoms with E-state index in [1.54, 1.807) is 18.2 Å². The van der Waals surface area contributed by atoms with E-state index in [9.17, 15) is 4.79 Å². The number of benzene rings is 1. The Bertz CT molecular complexity index is 485. The Kier molecular flexibility index (Phi) is 6.34. The summed E-state index contributed by atoms with van der Waals surface area (Å²) in [7, 11) is 2.03. The molecule has 1 N–H and O–H groups in total. The summed E-state index contributed by atoms with van der Waals surface area (Å²) >= 11 is 11.8. The Balaban J connectivity index is 1.86. The molecule has 0 unspecified atom stereocenters. The van der Waals surface area contributed by atoms with E-state index in [4.69, 9.17) is 23.2 Å². The quantitative estimate of drug-likeness (QED) is 0.820. The van der Waals surface area contributed by atoms with E-state index in [0.717, 1.165) is 0 Å². The molecule has 0 radical (unpaired) electrons. The maximum atomic E-state index is 12.1. The molecular formula is C16H22Cl2N2O. The molecule has 1 aromatic rings. The van der Waals surface area contributed by atoms with Gasteiger partial charge in [-0.1, -0.05) is 48.9 Å². The minimum atomic E-state index is -0.0138. The van der Waals surface area contributed by atoms with Crippen LogP contribution in [0.5, 0.6) is 0 Å². The number of anilines is 1. The molecule has 2 rings (SSSR count). The third kappa shape index (κ3) is 5.17. The highest BCUT2D eigenvalue weighted by Crippen LogP contribution is 2.25. The second-order valence-electron chi connectivity index (χ2n) is 5.74. The summed E-state index contributed by atoms with van der Waals surface area (Å²) < 4.78 is 0. The summed E-state index contributed by atoms with van der Waals surface area (Å²) in [5.74, 6) is -0.0138. The SMILES string of the molecule is CN(CC(=O)Nc1ccc(Cl)c(Cl)c1)C1CCCCCC1. The van der Waals surface area contributed by atoms with Crippen LogP contribution in [0.4, 0.5) is 5.69 Å². The fraction of sp³-hybridized carbons (Fsp3) is 0.562. The molecule has 1 saturated carbocycles. The molecule has 0 bridgehead atoms. The molecule has 0 saturated heterocycles. The zero-order valence-corrected chi connectivity index (χ0v) is 13.9. The van der Waals surface area contributed by atoms with Crippen LogP contribution in [0.2, 0.25) is 10.0 Å². The number of hydrogen-bond acceptors (Lipinski definition) is 2. The average Bonchev–Trinajstić information content (AvgIpc) is 2.72. The third-order valence-corrected chi connectivity index (χ3v) is 4.78. The molecule has 1 aliphatic rings. The van der Waals surface area contributed by atoms with Gasteiger partial charge in [0.25, 0.3) is 0 Å². The van der Waals surface area contributed by atoms with Crippen LogP contribution >= 0.6 is 23.2 Å². The summed E-state index contributed by atoms with van der Waals surface area (Å²) in [6.07, 6.45) is 7.56. The minimum absolute atomic E-state index is 0.0138. The Morgan fingerprint density at radius 3 is 2.48 bits per heavy atom. The molecule has 116 valence electrons. The topological polar surface area (TPSA) is 32.3 Å². The molecule has 21 heavy (non-hydrogen) atoms. The number of rotatable bonds is 4. The first-order chi connectivity index (χ1) is 10.1. The largest absolute Gasteiger partial charge is 0.325 e. The van der Waals surface area contributed by atoms with Gasteiger partial charge in [-0.25, -0.2) is 0 Å². The second-order valence-corrected chi connectivity index (χ2v) is 6.55. The van der Waals surface area contributed by atoms with Crippen molar-refractivity contribution in [3.8, 4) is 0 Å². The van der Waals surface area contributed by atoms with E-state index in [-0.39, 0.29) is 5.91 Å². The Morgan fingerprint density at radius 2 is 1.86 bits per heavy atom. The van der Waals surface area contributed by atoms with Crippen molar-refractivity contribution in [2.45, 2.75) is 44.6 Å². The number of likely N-dealkylation sites (N-methyl/N-ethyl adjacent to an activating group) is 1. The van der Waals surface area contributed by atoms with E-state index >= 15 is 0 Å². The van der Waals surface area contributed by atoms with Crippen molar-refractivity contribution in [2.75, 3.05) is 18.9 Å². The summed E-state index contributed by atoms with van der Waals surface area (Å²) in [5.41, 5.74) is 0.684. The van der Waals surface area contributed by atoms with Crippen molar-refractivity contribution in [3.05, 3.63) is 28.2 Å². The molecule has 1 aromatic carbocycles. The third-order valence-electron chi connectivity index (χ3n) is 4.04. The van der Waals surface area contributed by atoms with Gasteiger partial charge in [-0.2, -0.15) is 0 Å². The fourth-order valence-electron chi connectivity index (χ4n) is 2.83. The molecule has 1 fully saturated rings. The molecule has 1 aliphatic carbocycles. The molecular weight excluding hydrogens is 307 g/mol. The highest BCUT2D eigenvalue weighted by Gasteiger charge is 2.19. The van der Waals surface area contributed by atoms with Crippen LogP contribution in [-0.2, 0) is 4.79 Å². The van der Waals surface area contributed by atoms with Gasteiger partial charge in [0.05, 0.1) is 16.6 Å². The normalized spacial score (nSPS) is 16.8. The maximum Gasteiger partial charge on any atom is 0.238 e. The molecule has 0 atom stereocenters. The van der Waals surface area contributed by atoms with Crippen molar-refractivity contribution >= 4 is 34.8 Å². The van der Waals surface area contributed by atoms with E-state index in [1.807, 2.05) is 7.05 Å². The van der Waals surface area contributed by atoms with Gasteiger partial charge in [-0.05, 0) is 38.1 Å². The molecule has 0 aliphatic heterocycles. The van der Waals surface area contributed by atoms with Crippen LogP contribution in [0, 0.1) is 0 Å². The first kappa shape index (κ1) is 16.6. The number of halogens is 2. The summed E-state index contributed by atoms with van der Waals surface area (Å²) in [6.45, 7) is 0.408. The van der Waals surface area contributed by atoms with E-state index < -0.39 is 0 Å². The Labute approximate surface area is 136 Å². The second kappa shape index (κ2) is 8.02. The van der Waals surface area contributed by atoms with Crippen LogP contribution in [0.25, 0.3) is 0 Å². The van der Waals surface area contributed by atoms with Crippen molar-refractivity contribution in [2.24, 2.45) is 0 Å². The predicted octanol–water partition coefficient (Wildman–Crippen LogP) is 4.59. The van der Waals surface area contributed by atoms with Crippen molar-refractivity contribution < 1.29 is 4.79 Å². The number of carbonyl (C=O) groups excluding carboxylic acids is 1. The number of hydrogen-bond donors (Lipinski definition) is 1. The lowest BCUT2D eigenvalue weighted by Crippen LogP contribution is -2.37. The zero-order valence-electron chi connectivity index (χ0n) is 12.4. The van der Waals surface area contributed by atoms with Gasteiger partial charge in [-0.15, -0.1) is 0 Å². The van der Waals surface area contributed by atoms with Crippen LogP contribution in [0.3, 0.4) is 0 Å². The monoisotopic (exact) mass is 328 g/mol. The average molecular weight is 329 g/mol. The van der Waals surface area contributed by atoms with Crippen molar-refractivity contribution in [1.82, 2.24) is 4.90 Å². The highest BCUT2D eigenvalue weighted by molar-refractivity contribution is 6.42. The van der Waals surface area contributed by atoms with Crippen LogP contribution in [-0.4, -0.2) is 30.4 Å². The smallest absolute Gasteiger partial charge is 0.238 e.